The van der Waals surface area contributed by atoms with Crippen LogP contribution in [0.4, 0.5) is 10.1 Å². The number of amides is 1. The molecule has 4 aliphatic rings. The van der Waals surface area contributed by atoms with Crippen molar-refractivity contribution in [2.45, 2.75) is 57.0 Å². The van der Waals surface area contributed by atoms with Crippen LogP contribution in [-0.4, -0.2) is 43.9 Å². The number of carbonyl (C=O) groups excluding carboxylic acids is 1. The number of rotatable bonds is 4. The molecule has 8 rings (SSSR count). The molecule has 0 bridgehead atoms. The molecule has 7 nitrogen and oxygen atoms in total. The lowest BCUT2D eigenvalue weighted by Gasteiger charge is -2.40. The summed E-state index contributed by atoms with van der Waals surface area (Å²) < 4.78 is 18.1. The van der Waals surface area contributed by atoms with E-state index in [1.165, 1.54) is 6.07 Å². The number of carboxylic acid groups (broad SMARTS) is 1. The summed E-state index contributed by atoms with van der Waals surface area (Å²) in [7, 11) is 0. The van der Waals surface area contributed by atoms with Gasteiger partial charge in [0, 0.05) is 64.6 Å². The second-order valence-corrected chi connectivity index (χ2v) is 12.6. The molecule has 2 aliphatic heterocycles. The van der Waals surface area contributed by atoms with E-state index in [0.29, 0.717) is 46.4 Å². The Morgan fingerprint density at radius 1 is 1.21 bits per heavy atom. The monoisotopic (exact) mass is 606 g/mol. The number of anilines is 1. The highest BCUT2D eigenvalue weighted by molar-refractivity contribution is 6.31. The summed E-state index contributed by atoms with van der Waals surface area (Å²) in [5.74, 6) is -2.29. The fourth-order valence-corrected chi connectivity index (χ4v) is 8.17. The number of likely N-dealkylation sites (tertiary alicyclic amines) is 1. The van der Waals surface area contributed by atoms with Crippen LogP contribution in [-0.2, 0) is 16.8 Å². The number of nitrogens with zero attached hydrogens (tertiary/aromatic N) is 3. The molecular formula is C32H29Cl2FN4O3. The summed E-state index contributed by atoms with van der Waals surface area (Å²) in [6.45, 7) is 2.46. The number of fused-ring (bicyclic) bond motifs is 7. The summed E-state index contributed by atoms with van der Waals surface area (Å²) in [5.41, 5.74) is 3.65. The molecule has 1 saturated heterocycles. The molecule has 4 atom stereocenters. The first-order chi connectivity index (χ1) is 19.7. The molecule has 2 aromatic carbocycles. The number of halogens is 3. The molecular weight excluding hydrogens is 578 g/mol. The standard InChI is InChI=1S/C31H25Cl2FN4O3.CH4/c1-14-17(29(39)40)9-10-37-23-12-22-24(27(23)36-28(14)37)25(18-3-2-4-20(33)26(18)34)31(38(22)13-15-5-6-15)19-8-7-16(32)11-21(19)35-30(31)41;/h2-4,7-11,15,22,24-25H,5-6,12-13H2,1H3,(H,35,41)(H,39,40);1H4/t22-,24+,25-,31+;/m0./s1. The van der Waals surface area contributed by atoms with E-state index in [4.69, 9.17) is 28.2 Å². The van der Waals surface area contributed by atoms with Crippen LogP contribution >= 0.6 is 23.2 Å². The van der Waals surface area contributed by atoms with Gasteiger partial charge in [0.05, 0.1) is 16.3 Å². The smallest absolute Gasteiger partial charge is 0.336 e. The number of pyridine rings is 1. The van der Waals surface area contributed by atoms with Crippen molar-refractivity contribution in [3.63, 3.8) is 0 Å². The van der Waals surface area contributed by atoms with Gasteiger partial charge in [-0.05, 0) is 55.5 Å². The number of imidazole rings is 1. The van der Waals surface area contributed by atoms with Crippen molar-refractivity contribution in [2.24, 2.45) is 5.92 Å². The van der Waals surface area contributed by atoms with E-state index in [0.717, 1.165) is 29.8 Å². The van der Waals surface area contributed by atoms with E-state index in [9.17, 15) is 14.7 Å². The number of aromatic carboxylic acids is 1. The van der Waals surface area contributed by atoms with Gasteiger partial charge in [0.15, 0.2) is 0 Å². The van der Waals surface area contributed by atoms with E-state index in [-0.39, 0.29) is 35.9 Å². The Hall–Kier alpha value is -3.46. The van der Waals surface area contributed by atoms with E-state index < -0.39 is 23.2 Å². The van der Waals surface area contributed by atoms with Crippen molar-refractivity contribution in [1.29, 1.82) is 0 Å². The zero-order valence-corrected chi connectivity index (χ0v) is 23.5. The zero-order chi connectivity index (χ0) is 28.4. The third-order valence-electron chi connectivity index (χ3n) is 9.65. The fraction of sp³-hybridized carbons (Fsp3) is 0.344. The number of hydrogen-bond donors (Lipinski definition) is 2. The molecule has 4 heterocycles. The first-order valence-electron chi connectivity index (χ1n) is 13.8. The molecule has 2 aromatic heterocycles. The lowest BCUT2D eigenvalue weighted by atomic mass is 9.71. The quantitative estimate of drug-likeness (QED) is 0.267. The van der Waals surface area contributed by atoms with Crippen LogP contribution in [0.5, 0.6) is 0 Å². The van der Waals surface area contributed by atoms with E-state index in [1.54, 1.807) is 43.5 Å². The maximum Gasteiger partial charge on any atom is 0.336 e. The molecule has 1 amide bonds. The van der Waals surface area contributed by atoms with Gasteiger partial charge in [-0.3, -0.25) is 9.69 Å². The van der Waals surface area contributed by atoms with Crippen molar-refractivity contribution in [2.75, 3.05) is 11.9 Å². The first kappa shape index (κ1) is 27.4. The van der Waals surface area contributed by atoms with Crippen molar-refractivity contribution >= 4 is 46.4 Å². The summed E-state index contributed by atoms with van der Waals surface area (Å²) in [6, 6.07) is 11.9. The summed E-state index contributed by atoms with van der Waals surface area (Å²) in [5, 5.41) is 13.3. The van der Waals surface area contributed by atoms with Gasteiger partial charge in [0.25, 0.3) is 0 Å². The minimum absolute atomic E-state index is 0. The topological polar surface area (TPSA) is 86.9 Å². The number of carboxylic acids is 1. The van der Waals surface area contributed by atoms with Crippen LogP contribution in [0.2, 0.25) is 10.0 Å². The SMILES string of the molecule is C.Cc1c(C(=O)O)ccn2c3c(nc12)[C@@H]1[C@H](C3)N(CC2CC2)[C@@]2(C(=O)Nc3cc(Cl)ccc32)[C@H]1c1cccc(Cl)c1F. The van der Waals surface area contributed by atoms with Gasteiger partial charge in [-0.15, -0.1) is 0 Å². The number of nitrogens with one attached hydrogen (secondary N) is 1. The van der Waals surface area contributed by atoms with Crippen LogP contribution in [0.3, 0.4) is 0 Å². The van der Waals surface area contributed by atoms with Crippen molar-refractivity contribution in [1.82, 2.24) is 14.3 Å². The van der Waals surface area contributed by atoms with E-state index in [1.807, 2.05) is 10.5 Å². The molecule has 0 unspecified atom stereocenters. The van der Waals surface area contributed by atoms with Crippen LogP contribution in [0, 0.1) is 18.7 Å². The Balaban J connectivity index is 0.00000288. The lowest BCUT2D eigenvalue weighted by molar-refractivity contribution is -0.128. The highest BCUT2D eigenvalue weighted by atomic mass is 35.5. The summed E-state index contributed by atoms with van der Waals surface area (Å²) in [6.07, 6.45) is 4.52. The Bertz CT molecular complexity index is 1840. The Morgan fingerprint density at radius 3 is 2.74 bits per heavy atom. The number of carbonyl (C=O) groups is 2. The van der Waals surface area contributed by atoms with Crippen LogP contribution in [0.15, 0.2) is 48.7 Å². The first-order valence-corrected chi connectivity index (χ1v) is 14.5. The molecule has 216 valence electrons. The third kappa shape index (κ3) is 3.46. The average molecular weight is 608 g/mol. The molecule has 1 spiro atoms. The summed E-state index contributed by atoms with van der Waals surface area (Å²) >= 11 is 12.7. The van der Waals surface area contributed by atoms with Crippen molar-refractivity contribution in [3.05, 3.63) is 98.2 Å². The molecule has 0 radical (unpaired) electrons. The Labute approximate surface area is 252 Å². The Kier molecular flexibility index (Phi) is 6.04. The van der Waals surface area contributed by atoms with E-state index >= 15 is 4.39 Å². The molecule has 42 heavy (non-hydrogen) atoms. The van der Waals surface area contributed by atoms with Crippen LogP contribution in [0.25, 0.3) is 5.65 Å². The molecule has 1 saturated carbocycles. The van der Waals surface area contributed by atoms with Gasteiger partial charge in [0.2, 0.25) is 5.91 Å². The van der Waals surface area contributed by atoms with Gasteiger partial charge in [0.1, 0.15) is 17.0 Å². The molecule has 2 aliphatic carbocycles. The second kappa shape index (κ2) is 9.27. The molecule has 2 fully saturated rings. The maximum absolute atomic E-state index is 16.1. The average Bonchev–Trinajstić information content (AvgIpc) is 3.36. The maximum atomic E-state index is 16.1. The number of hydrogen-bond acceptors (Lipinski definition) is 4. The summed E-state index contributed by atoms with van der Waals surface area (Å²) in [4.78, 5) is 33.6. The highest BCUT2D eigenvalue weighted by Gasteiger charge is 2.69. The largest absolute Gasteiger partial charge is 0.478 e. The number of aromatic nitrogens is 2. The second-order valence-electron chi connectivity index (χ2n) is 11.7. The van der Waals surface area contributed by atoms with Gasteiger partial charge in [-0.1, -0.05) is 48.8 Å². The zero-order valence-electron chi connectivity index (χ0n) is 22.0. The Morgan fingerprint density at radius 2 is 2.00 bits per heavy atom. The molecule has 4 aromatic rings. The molecule has 10 heteroatoms. The van der Waals surface area contributed by atoms with Gasteiger partial charge >= 0.3 is 5.97 Å². The minimum atomic E-state index is -1.20. The predicted molar refractivity (Wildman–Crippen MR) is 159 cm³/mol. The fourth-order valence-electron chi connectivity index (χ4n) is 7.82. The van der Waals surface area contributed by atoms with Crippen molar-refractivity contribution in [3.8, 4) is 0 Å². The van der Waals surface area contributed by atoms with Gasteiger partial charge < -0.3 is 14.8 Å². The predicted octanol–water partition coefficient (Wildman–Crippen LogP) is 6.79. The number of aryl methyl sites for hydroxylation is 1. The highest BCUT2D eigenvalue weighted by Crippen LogP contribution is 2.65. The van der Waals surface area contributed by atoms with Crippen LogP contribution in [0.1, 0.15) is 70.5 Å². The van der Waals surface area contributed by atoms with Gasteiger partial charge in [-0.25, -0.2) is 14.2 Å². The minimum Gasteiger partial charge on any atom is -0.478 e. The number of benzene rings is 2. The lowest BCUT2D eigenvalue weighted by Crippen LogP contribution is -2.53. The molecule has 2 N–H and O–H groups in total. The van der Waals surface area contributed by atoms with E-state index in [2.05, 4.69) is 10.2 Å². The van der Waals surface area contributed by atoms with Gasteiger partial charge in [-0.2, -0.15) is 0 Å². The van der Waals surface area contributed by atoms with Crippen molar-refractivity contribution < 1.29 is 19.1 Å². The third-order valence-corrected chi connectivity index (χ3v) is 10.2. The normalized spacial score (nSPS) is 25.8. The van der Waals surface area contributed by atoms with Crippen LogP contribution < -0.4 is 5.32 Å².